The summed E-state index contributed by atoms with van der Waals surface area (Å²) in [4.78, 5) is 0. The molecule has 0 atom stereocenters. The Hall–Kier alpha value is -1.42. The summed E-state index contributed by atoms with van der Waals surface area (Å²) in [5.74, 6) is 0. The van der Waals surface area contributed by atoms with Crippen LogP contribution >= 0.6 is 0 Å². The maximum atomic E-state index is 5.71. The van der Waals surface area contributed by atoms with Gasteiger partial charge in [0.15, 0.2) is 0 Å². The highest BCUT2D eigenvalue weighted by atomic mass is 14.8. The van der Waals surface area contributed by atoms with Gasteiger partial charge in [-0.3, -0.25) is 0 Å². The molecule has 0 radical (unpaired) electrons. The van der Waals surface area contributed by atoms with Crippen molar-refractivity contribution >= 4 is 17.1 Å². The second-order valence-electron chi connectivity index (χ2n) is 2.71. The Balaban J connectivity index is 3.10. The Kier molecular flexibility index (Phi) is 2.40. The molecule has 66 valence electrons. The van der Waals surface area contributed by atoms with Gasteiger partial charge in [-0.15, -0.1) is 0 Å². The van der Waals surface area contributed by atoms with Gasteiger partial charge in [0.25, 0.3) is 0 Å². The van der Waals surface area contributed by atoms with Crippen LogP contribution in [0.5, 0.6) is 0 Å². The number of hydrogen-bond donors (Lipinski definition) is 4. The molecular formula is C8H14N4. The van der Waals surface area contributed by atoms with Crippen LogP contribution in [0.2, 0.25) is 0 Å². The van der Waals surface area contributed by atoms with Gasteiger partial charge in [0, 0.05) is 29.2 Å². The van der Waals surface area contributed by atoms with Crippen LogP contribution in [0.25, 0.3) is 0 Å². The van der Waals surface area contributed by atoms with E-state index < -0.39 is 0 Å². The van der Waals surface area contributed by atoms with Gasteiger partial charge in [0.1, 0.15) is 0 Å². The first-order valence-electron chi connectivity index (χ1n) is 3.73. The van der Waals surface area contributed by atoms with E-state index >= 15 is 0 Å². The Morgan fingerprint density at radius 1 is 1.17 bits per heavy atom. The number of nitrogens with one attached hydrogen (secondary N) is 1. The molecule has 1 aromatic rings. The van der Waals surface area contributed by atoms with E-state index in [1.165, 1.54) is 0 Å². The highest BCUT2D eigenvalue weighted by Crippen LogP contribution is 2.22. The molecule has 0 unspecified atom stereocenters. The third-order valence-electron chi connectivity index (χ3n) is 1.69. The first-order chi connectivity index (χ1) is 5.65. The molecule has 0 aliphatic heterocycles. The van der Waals surface area contributed by atoms with Gasteiger partial charge in [-0.1, -0.05) is 0 Å². The monoisotopic (exact) mass is 166 g/mol. The maximum absolute atomic E-state index is 5.71. The van der Waals surface area contributed by atoms with Crippen LogP contribution < -0.4 is 22.5 Å². The van der Waals surface area contributed by atoms with Crippen LogP contribution in [0, 0.1) is 0 Å². The summed E-state index contributed by atoms with van der Waals surface area (Å²) in [6, 6.07) is 3.42. The first kappa shape index (κ1) is 8.67. The Labute approximate surface area is 71.7 Å². The largest absolute Gasteiger partial charge is 0.399 e. The van der Waals surface area contributed by atoms with E-state index in [1.54, 1.807) is 12.1 Å². The first-order valence-corrected chi connectivity index (χ1v) is 3.73. The van der Waals surface area contributed by atoms with Gasteiger partial charge < -0.3 is 22.5 Å². The second-order valence-corrected chi connectivity index (χ2v) is 2.71. The second kappa shape index (κ2) is 3.32. The van der Waals surface area contributed by atoms with Crippen molar-refractivity contribution in [3.05, 3.63) is 17.7 Å². The predicted octanol–water partition coefficient (Wildman–Crippen LogP) is 0.153. The molecular weight excluding hydrogens is 152 g/mol. The van der Waals surface area contributed by atoms with Gasteiger partial charge >= 0.3 is 0 Å². The van der Waals surface area contributed by atoms with E-state index in [4.69, 9.17) is 17.2 Å². The van der Waals surface area contributed by atoms with Gasteiger partial charge in [-0.2, -0.15) is 0 Å². The lowest BCUT2D eigenvalue weighted by molar-refractivity contribution is 0.822. The average molecular weight is 166 g/mol. The normalized spacial score (nSPS) is 10.1. The van der Waals surface area contributed by atoms with Crippen LogP contribution in [0.1, 0.15) is 5.56 Å². The van der Waals surface area contributed by atoms with Crippen molar-refractivity contribution in [3.8, 4) is 0 Å². The molecule has 4 heteroatoms. The van der Waals surface area contributed by atoms with Crippen LogP contribution in [0.15, 0.2) is 12.1 Å². The predicted molar refractivity (Wildman–Crippen MR) is 52.4 cm³/mol. The minimum Gasteiger partial charge on any atom is -0.399 e. The molecule has 12 heavy (non-hydrogen) atoms. The molecule has 0 saturated carbocycles. The molecule has 0 saturated heterocycles. The summed E-state index contributed by atoms with van der Waals surface area (Å²) in [5.41, 5.74) is 19.8. The molecule has 1 rings (SSSR count). The van der Waals surface area contributed by atoms with E-state index in [2.05, 4.69) is 5.32 Å². The van der Waals surface area contributed by atoms with Crippen molar-refractivity contribution in [2.45, 2.75) is 6.54 Å². The quantitative estimate of drug-likeness (QED) is 0.471. The van der Waals surface area contributed by atoms with Crippen molar-refractivity contribution in [2.24, 2.45) is 0 Å². The van der Waals surface area contributed by atoms with Crippen molar-refractivity contribution in [3.63, 3.8) is 0 Å². The SMILES string of the molecule is CNCc1c(N)cc(N)cc1N. The highest BCUT2D eigenvalue weighted by molar-refractivity contribution is 5.68. The van der Waals surface area contributed by atoms with Crippen LogP contribution in [0.4, 0.5) is 17.1 Å². The van der Waals surface area contributed by atoms with E-state index in [1.807, 2.05) is 7.05 Å². The number of anilines is 3. The lowest BCUT2D eigenvalue weighted by Crippen LogP contribution is -2.10. The van der Waals surface area contributed by atoms with Crippen LogP contribution in [-0.4, -0.2) is 7.05 Å². The lowest BCUT2D eigenvalue weighted by Gasteiger charge is -2.09. The standard InChI is InChI=1S/C8H14N4/c1-12-4-6-7(10)2-5(9)3-8(6)11/h2-3,12H,4,9-11H2,1H3. The molecule has 0 aliphatic rings. The van der Waals surface area contributed by atoms with Gasteiger partial charge in [-0.05, 0) is 19.2 Å². The van der Waals surface area contributed by atoms with E-state index in [-0.39, 0.29) is 0 Å². The molecule has 0 heterocycles. The lowest BCUT2D eigenvalue weighted by atomic mass is 10.1. The van der Waals surface area contributed by atoms with Gasteiger partial charge in [-0.25, -0.2) is 0 Å². The zero-order valence-corrected chi connectivity index (χ0v) is 7.09. The molecule has 7 N–H and O–H groups in total. The van der Waals surface area contributed by atoms with Crippen molar-refractivity contribution < 1.29 is 0 Å². The van der Waals surface area contributed by atoms with Crippen molar-refractivity contribution in [1.29, 1.82) is 0 Å². The highest BCUT2D eigenvalue weighted by Gasteiger charge is 2.03. The summed E-state index contributed by atoms with van der Waals surface area (Å²) in [5, 5.41) is 2.98. The number of nitrogens with two attached hydrogens (primary N) is 3. The van der Waals surface area contributed by atoms with E-state index in [0.29, 0.717) is 23.6 Å². The van der Waals surface area contributed by atoms with Crippen LogP contribution in [-0.2, 0) is 6.54 Å². The molecule has 0 spiro atoms. The fourth-order valence-electron chi connectivity index (χ4n) is 1.12. The summed E-state index contributed by atoms with van der Waals surface area (Å²) < 4.78 is 0. The average Bonchev–Trinajstić information content (AvgIpc) is 1.96. The molecule has 0 aliphatic carbocycles. The minimum absolute atomic E-state index is 0.602. The Bertz CT molecular complexity index is 259. The molecule has 0 fully saturated rings. The zero-order valence-electron chi connectivity index (χ0n) is 7.09. The molecule has 1 aromatic carbocycles. The summed E-state index contributed by atoms with van der Waals surface area (Å²) in [7, 11) is 1.84. The third kappa shape index (κ3) is 1.60. The Morgan fingerprint density at radius 3 is 2.08 bits per heavy atom. The molecule has 0 amide bonds. The van der Waals surface area contributed by atoms with Crippen molar-refractivity contribution in [1.82, 2.24) is 5.32 Å². The third-order valence-corrected chi connectivity index (χ3v) is 1.69. The van der Waals surface area contributed by atoms with Gasteiger partial charge in [0.2, 0.25) is 0 Å². The molecule has 4 nitrogen and oxygen atoms in total. The van der Waals surface area contributed by atoms with E-state index in [0.717, 1.165) is 5.56 Å². The van der Waals surface area contributed by atoms with Gasteiger partial charge in [0.05, 0.1) is 0 Å². The molecule has 0 aromatic heterocycles. The number of hydrogen-bond acceptors (Lipinski definition) is 4. The topological polar surface area (TPSA) is 90.1 Å². The maximum Gasteiger partial charge on any atom is 0.0401 e. The minimum atomic E-state index is 0.602. The zero-order chi connectivity index (χ0) is 9.14. The van der Waals surface area contributed by atoms with Crippen LogP contribution in [0.3, 0.4) is 0 Å². The Morgan fingerprint density at radius 2 is 1.67 bits per heavy atom. The van der Waals surface area contributed by atoms with E-state index in [9.17, 15) is 0 Å². The fraction of sp³-hybridized carbons (Fsp3) is 0.250. The molecule has 0 bridgehead atoms. The summed E-state index contributed by atoms with van der Waals surface area (Å²) >= 11 is 0. The number of rotatable bonds is 2. The number of benzene rings is 1. The number of nitrogen functional groups attached to an aromatic ring is 3. The van der Waals surface area contributed by atoms with Crippen molar-refractivity contribution in [2.75, 3.05) is 24.2 Å². The summed E-state index contributed by atoms with van der Waals surface area (Å²) in [6.07, 6.45) is 0. The summed E-state index contributed by atoms with van der Waals surface area (Å²) in [6.45, 7) is 0.665. The fourth-order valence-corrected chi connectivity index (χ4v) is 1.12. The smallest absolute Gasteiger partial charge is 0.0401 e.